The number of carbonyl (C=O) groups is 1. The number of nitrogens with zero attached hydrogens (tertiary/aromatic N) is 3. The molecule has 0 unspecified atom stereocenters. The number of carbonyl (C=O) groups excluding carboxylic acids is 1. The summed E-state index contributed by atoms with van der Waals surface area (Å²) >= 11 is 5.98. The molecule has 1 saturated heterocycles. The zero-order valence-electron chi connectivity index (χ0n) is 17.8. The van der Waals surface area contributed by atoms with Gasteiger partial charge in [0, 0.05) is 35.1 Å². The Morgan fingerprint density at radius 1 is 1.18 bits per heavy atom. The first-order valence-electron chi connectivity index (χ1n) is 10.9. The third-order valence-corrected chi connectivity index (χ3v) is 6.39. The van der Waals surface area contributed by atoms with Gasteiger partial charge in [-0.25, -0.2) is 0 Å². The largest absolute Gasteiger partial charge is 0.522 e. The smallest absolute Gasteiger partial charge is 0.423 e. The lowest BCUT2D eigenvalue weighted by Crippen LogP contribution is -2.46. The van der Waals surface area contributed by atoms with E-state index in [0.29, 0.717) is 41.8 Å². The number of amides is 1. The Balaban J connectivity index is 1.12. The number of fused-ring (bicyclic) bond motifs is 1. The van der Waals surface area contributed by atoms with Crippen LogP contribution >= 0.6 is 11.6 Å². The number of halogens is 4. The van der Waals surface area contributed by atoms with E-state index in [4.69, 9.17) is 16.0 Å². The van der Waals surface area contributed by atoms with Gasteiger partial charge in [0.05, 0.1) is 23.2 Å². The highest BCUT2D eigenvalue weighted by molar-refractivity contribution is 6.31. The van der Waals surface area contributed by atoms with Crippen LogP contribution in [0, 0.1) is 0 Å². The van der Waals surface area contributed by atoms with Gasteiger partial charge in [-0.2, -0.15) is 0 Å². The van der Waals surface area contributed by atoms with Crippen molar-refractivity contribution < 1.29 is 27.1 Å². The first-order chi connectivity index (χ1) is 16.2. The van der Waals surface area contributed by atoms with Crippen LogP contribution in [0.25, 0.3) is 10.9 Å². The number of benzene rings is 1. The zero-order valence-corrected chi connectivity index (χ0v) is 18.6. The lowest BCUT2D eigenvalue weighted by atomic mass is 9.82. The maximum atomic E-state index is 12.7. The minimum Gasteiger partial charge on any atom is -0.423 e. The van der Waals surface area contributed by atoms with Crippen molar-refractivity contribution in [1.29, 1.82) is 0 Å². The molecule has 3 aromatic rings. The van der Waals surface area contributed by atoms with Crippen LogP contribution in [-0.2, 0) is 4.74 Å². The number of aromatic nitrogens is 3. The van der Waals surface area contributed by atoms with E-state index in [-0.39, 0.29) is 36.8 Å². The molecule has 1 aromatic carbocycles. The van der Waals surface area contributed by atoms with Crippen LogP contribution in [0.15, 0.2) is 34.9 Å². The molecule has 8 nitrogen and oxygen atoms in total. The van der Waals surface area contributed by atoms with Gasteiger partial charge < -0.3 is 15.1 Å². The Kier molecular flexibility index (Phi) is 6.17. The quantitative estimate of drug-likeness (QED) is 0.544. The number of ether oxygens (including phenoxy) is 1. The van der Waals surface area contributed by atoms with Gasteiger partial charge in [0.1, 0.15) is 0 Å². The average Bonchev–Trinajstić information content (AvgIpc) is 3.25. The van der Waals surface area contributed by atoms with Gasteiger partial charge >= 0.3 is 6.36 Å². The molecule has 2 aliphatic rings. The summed E-state index contributed by atoms with van der Waals surface area (Å²) in [5.41, 5.74) is 1.18. The number of rotatable bonds is 5. The number of pyridine rings is 1. The molecule has 1 saturated carbocycles. The molecule has 1 aliphatic carbocycles. The number of nitrogens with one attached hydrogen (secondary N) is 2. The molecule has 0 bridgehead atoms. The van der Waals surface area contributed by atoms with E-state index in [0.717, 1.165) is 10.9 Å². The van der Waals surface area contributed by atoms with Crippen LogP contribution in [0.3, 0.4) is 0 Å². The molecule has 1 aliphatic heterocycles. The van der Waals surface area contributed by atoms with Gasteiger partial charge in [-0.05, 0) is 43.9 Å². The molecule has 34 heavy (non-hydrogen) atoms. The predicted octanol–water partition coefficient (Wildman–Crippen LogP) is 4.28. The molecule has 0 spiro atoms. The van der Waals surface area contributed by atoms with Gasteiger partial charge in [-0.1, -0.05) is 17.7 Å². The van der Waals surface area contributed by atoms with Crippen molar-refractivity contribution in [3.63, 3.8) is 0 Å². The minimum atomic E-state index is -4.63. The van der Waals surface area contributed by atoms with Gasteiger partial charge in [0.25, 0.3) is 5.91 Å². The van der Waals surface area contributed by atoms with Crippen LogP contribution in [0.5, 0.6) is 0 Å². The van der Waals surface area contributed by atoms with E-state index in [1.165, 1.54) is 6.20 Å². The SMILES string of the molecule is O=C(N[C@H]1CC[C@H](c2nnc(C3CC(OC(F)(F)F)C3)o2)NC1)c1cnc2cc(Cl)ccc2c1. The van der Waals surface area contributed by atoms with Crippen LogP contribution in [0.4, 0.5) is 13.2 Å². The van der Waals surface area contributed by atoms with E-state index in [2.05, 4.69) is 30.6 Å². The van der Waals surface area contributed by atoms with E-state index in [1.807, 2.05) is 6.07 Å². The highest BCUT2D eigenvalue weighted by Gasteiger charge is 2.42. The number of hydrogen-bond donors (Lipinski definition) is 2. The molecule has 2 atom stereocenters. The van der Waals surface area contributed by atoms with Gasteiger partial charge in [-0.15, -0.1) is 23.4 Å². The summed E-state index contributed by atoms with van der Waals surface area (Å²) in [5, 5.41) is 15.8. The molecule has 180 valence electrons. The summed E-state index contributed by atoms with van der Waals surface area (Å²) in [6, 6.07) is 6.83. The Hall–Kier alpha value is -2.76. The van der Waals surface area contributed by atoms with Gasteiger partial charge in [0.15, 0.2) is 0 Å². The van der Waals surface area contributed by atoms with Crippen molar-refractivity contribution in [2.75, 3.05) is 6.54 Å². The number of hydrogen-bond acceptors (Lipinski definition) is 7. The fraction of sp³-hybridized carbons (Fsp3) is 0.455. The van der Waals surface area contributed by atoms with Crippen molar-refractivity contribution in [3.05, 3.63) is 52.8 Å². The fourth-order valence-corrected chi connectivity index (χ4v) is 4.45. The van der Waals surface area contributed by atoms with Crippen LogP contribution in [0.2, 0.25) is 5.02 Å². The second kappa shape index (κ2) is 9.12. The Labute approximate surface area is 197 Å². The lowest BCUT2D eigenvalue weighted by molar-refractivity contribution is -0.352. The second-order valence-electron chi connectivity index (χ2n) is 8.60. The molecule has 5 rings (SSSR count). The van der Waals surface area contributed by atoms with Crippen molar-refractivity contribution in [3.8, 4) is 0 Å². The normalized spacial score (nSPS) is 25.2. The van der Waals surface area contributed by atoms with E-state index in [1.54, 1.807) is 18.2 Å². The summed E-state index contributed by atoms with van der Waals surface area (Å²) in [7, 11) is 0. The molecule has 0 radical (unpaired) electrons. The molecular weight excluding hydrogens is 475 g/mol. The van der Waals surface area contributed by atoms with E-state index in [9.17, 15) is 18.0 Å². The molecule has 2 N–H and O–H groups in total. The van der Waals surface area contributed by atoms with E-state index < -0.39 is 12.5 Å². The molecule has 2 fully saturated rings. The van der Waals surface area contributed by atoms with E-state index >= 15 is 0 Å². The Morgan fingerprint density at radius 3 is 2.71 bits per heavy atom. The number of alkyl halides is 3. The summed E-state index contributed by atoms with van der Waals surface area (Å²) in [5.74, 6) is 0.294. The highest BCUT2D eigenvalue weighted by atomic mass is 35.5. The zero-order chi connectivity index (χ0) is 23.9. The standard InChI is InChI=1S/C22H21ClF3N5O3/c23-14-2-1-11-5-13(9-27-18(11)8-14)19(32)29-15-3-4-17(28-10-15)21-31-30-20(33-21)12-6-16(7-12)34-22(24,25)26/h1-2,5,8-9,12,15-17,28H,3-4,6-7,10H2,(H,29,32)/t12?,15-,16?,17+/m0/s1. The lowest BCUT2D eigenvalue weighted by Gasteiger charge is -2.33. The first-order valence-corrected chi connectivity index (χ1v) is 11.3. The highest BCUT2D eigenvalue weighted by Crippen LogP contribution is 2.41. The summed E-state index contributed by atoms with van der Waals surface area (Å²) in [6.45, 7) is 0.510. The van der Waals surface area contributed by atoms with Crippen molar-refractivity contribution >= 4 is 28.4 Å². The Bertz CT molecular complexity index is 1190. The van der Waals surface area contributed by atoms with Gasteiger partial charge in [-0.3, -0.25) is 14.5 Å². The molecule has 2 aromatic heterocycles. The fourth-order valence-electron chi connectivity index (χ4n) is 4.28. The minimum absolute atomic E-state index is 0.0843. The molecular formula is C22H21ClF3N5O3. The maximum Gasteiger partial charge on any atom is 0.522 e. The summed E-state index contributed by atoms with van der Waals surface area (Å²) in [4.78, 5) is 17.0. The predicted molar refractivity (Wildman–Crippen MR) is 115 cm³/mol. The summed E-state index contributed by atoms with van der Waals surface area (Å²) < 4.78 is 46.5. The van der Waals surface area contributed by atoms with Gasteiger partial charge in [0.2, 0.25) is 11.8 Å². The average molecular weight is 496 g/mol. The second-order valence-corrected chi connectivity index (χ2v) is 9.04. The third-order valence-electron chi connectivity index (χ3n) is 6.16. The monoisotopic (exact) mass is 495 g/mol. The maximum absolute atomic E-state index is 12.7. The van der Waals surface area contributed by atoms with Crippen LogP contribution in [-0.4, -0.2) is 46.1 Å². The van der Waals surface area contributed by atoms with Crippen LogP contribution < -0.4 is 10.6 Å². The molecule has 12 heteroatoms. The van der Waals surface area contributed by atoms with Crippen LogP contribution in [0.1, 0.15) is 59.8 Å². The number of piperidine rings is 1. The molecule has 3 heterocycles. The molecule has 1 amide bonds. The van der Waals surface area contributed by atoms with Crippen molar-refractivity contribution in [1.82, 2.24) is 25.8 Å². The third kappa shape index (κ3) is 5.16. The first kappa shape index (κ1) is 23.0. The summed E-state index contributed by atoms with van der Waals surface area (Å²) in [6.07, 6.45) is -2.22. The topological polar surface area (TPSA) is 102 Å². The Morgan fingerprint density at radius 2 is 1.97 bits per heavy atom. The van der Waals surface area contributed by atoms with Crippen molar-refractivity contribution in [2.24, 2.45) is 0 Å². The van der Waals surface area contributed by atoms with Crippen molar-refractivity contribution in [2.45, 2.75) is 56.2 Å².